The zero-order valence-electron chi connectivity index (χ0n) is 10.1. The molecule has 0 fully saturated rings. The molecule has 0 heterocycles. The number of carbonyl (C=O) groups is 1. The average molecular weight is 240 g/mol. The summed E-state index contributed by atoms with van der Waals surface area (Å²) in [6.45, 7) is 0.340. The third kappa shape index (κ3) is 3.35. The van der Waals surface area contributed by atoms with Gasteiger partial charge in [0.1, 0.15) is 0 Å². The molecule has 0 amide bonds. The first kappa shape index (κ1) is 13.3. The lowest BCUT2D eigenvalue weighted by Crippen LogP contribution is -2.04. The fourth-order valence-corrected chi connectivity index (χ4v) is 1.65. The Morgan fingerprint density at radius 1 is 1.24 bits per heavy atom. The van der Waals surface area contributed by atoms with Crippen LogP contribution in [0.25, 0.3) is 0 Å². The Morgan fingerprint density at radius 3 is 2.41 bits per heavy atom. The highest BCUT2D eigenvalue weighted by molar-refractivity contribution is 5.71. The minimum absolute atomic E-state index is 0.0585. The van der Waals surface area contributed by atoms with Gasteiger partial charge < -0.3 is 19.3 Å². The maximum Gasteiger partial charge on any atom is 0.307 e. The highest BCUT2D eigenvalue weighted by atomic mass is 16.5. The topological polar surface area (TPSA) is 65.0 Å². The van der Waals surface area contributed by atoms with Gasteiger partial charge in [-0.2, -0.15) is 0 Å². The summed E-state index contributed by atoms with van der Waals surface area (Å²) in [5, 5.41) is 8.77. The Morgan fingerprint density at radius 2 is 1.94 bits per heavy atom. The van der Waals surface area contributed by atoms with Gasteiger partial charge in [0, 0.05) is 12.7 Å². The molecule has 5 heteroatoms. The van der Waals surface area contributed by atoms with E-state index >= 15 is 0 Å². The van der Waals surface area contributed by atoms with E-state index in [0.717, 1.165) is 5.56 Å². The van der Waals surface area contributed by atoms with Crippen molar-refractivity contribution in [3.8, 4) is 11.5 Å². The van der Waals surface area contributed by atoms with Gasteiger partial charge in [-0.05, 0) is 17.7 Å². The molecule has 1 aromatic rings. The number of benzene rings is 1. The standard InChI is InChI=1S/C12H16O5/c1-15-7-9-4-8(6-11(13)14)5-10(16-2)12(9)17-3/h4-5H,6-7H2,1-3H3,(H,13,14). The van der Waals surface area contributed by atoms with Crippen molar-refractivity contribution in [2.45, 2.75) is 13.0 Å². The van der Waals surface area contributed by atoms with E-state index in [4.69, 9.17) is 19.3 Å². The van der Waals surface area contributed by atoms with Crippen LogP contribution in [0.15, 0.2) is 12.1 Å². The number of rotatable bonds is 6. The summed E-state index contributed by atoms with van der Waals surface area (Å²) in [6.07, 6.45) is -0.0585. The number of aliphatic carboxylic acids is 1. The molecule has 1 aromatic carbocycles. The smallest absolute Gasteiger partial charge is 0.307 e. The second-order valence-electron chi connectivity index (χ2n) is 3.49. The van der Waals surface area contributed by atoms with Gasteiger partial charge in [0.2, 0.25) is 0 Å². The molecule has 5 nitrogen and oxygen atoms in total. The second-order valence-corrected chi connectivity index (χ2v) is 3.49. The molecule has 0 aliphatic carbocycles. The molecule has 0 aromatic heterocycles. The van der Waals surface area contributed by atoms with Crippen molar-refractivity contribution in [1.82, 2.24) is 0 Å². The summed E-state index contributed by atoms with van der Waals surface area (Å²) in [5.74, 6) is 0.197. The van der Waals surface area contributed by atoms with Gasteiger partial charge in [-0.15, -0.1) is 0 Å². The fourth-order valence-electron chi connectivity index (χ4n) is 1.65. The van der Waals surface area contributed by atoms with Gasteiger partial charge in [0.15, 0.2) is 11.5 Å². The zero-order chi connectivity index (χ0) is 12.8. The Labute approximate surface area is 99.9 Å². The Balaban J connectivity index is 3.18. The SMILES string of the molecule is COCc1cc(CC(=O)O)cc(OC)c1OC. The molecule has 0 aliphatic heterocycles. The number of ether oxygens (including phenoxy) is 3. The molecular formula is C12H16O5. The van der Waals surface area contributed by atoms with Crippen molar-refractivity contribution in [2.75, 3.05) is 21.3 Å². The van der Waals surface area contributed by atoms with E-state index in [9.17, 15) is 4.79 Å². The van der Waals surface area contributed by atoms with Crippen molar-refractivity contribution in [1.29, 1.82) is 0 Å². The van der Waals surface area contributed by atoms with Crippen LogP contribution in [-0.4, -0.2) is 32.4 Å². The van der Waals surface area contributed by atoms with E-state index in [0.29, 0.717) is 23.7 Å². The minimum atomic E-state index is -0.888. The Kier molecular flexibility index (Phi) is 4.78. The first-order valence-electron chi connectivity index (χ1n) is 5.06. The largest absolute Gasteiger partial charge is 0.493 e. The van der Waals surface area contributed by atoms with Gasteiger partial charge in [-0.3, -0.25) is 4.79 Å². The summed E-state index contributed by atoms with van der Waals surface area (Å²) in [5.41, 5.74) is 1.42. The van der Waals surface area contributed by atoms with Crippen LogP contribution in [0.4, 0.5) is 0 Å². The predicted molar refractivity (Wildman–Crippen MR) is 61.6 cm³/mol. The van der Waals surface area contributed by atoms with Gasteiger partial charge >= 0.3 is 5.97 Å². The zero-order valence-corrected chi connectivity index (χ0v) is 10.1. The second kappa shape index (κ2) is 6.10. The fraction of sp³-hybridized carbons (Fsp3) is 0.417. The molecule has 17 heavy (non-hydrogen) atoms. The van der Waals surface area contributed by atoms with E-state index in [1.807, 2.05) is 0 Å². The van der Waals surface area contributed by atoms with Crippen LogP contribution in [0.3, 0.4) is 0 Å². The van der Waals surface area contributed by atoms with Gasteiger partial charge in [-0.1, -0.05) is 0 Å². The van der Waals surface area contributed by atoms with E-state index in [1.165, 1.54) is 14.2 Å². The first-order chi connectivity index (χ1) is 8.12. The lowest BCUT2D eigenvalue weighted by molar-refractivity contribution is -0.136. The van der Waals surface area contributed by atoms with E-state index < -0.39 is 5.97 Å². The van der Waals surface area contributed by atoms with Crippen LogP contribution in [-0.2, 0) is 22.6 Å². The lowest BCUT2D eigenvalue weighted by Gasteiger charge is -2.14. The molecule has 1 N–H and O–H groups in total. The third-order valence-electron chi connectivity index (χ3n) is 2.27. The van der Waals surface area contributed by atoms with Gasteiger partial charge in [-0.25, -0.2) is 0 Å². The van der Waals surface area contributed by atoms with E-state index in [1.54, 1.807) is 19.2 Å². The highest BCUT2D eigenvalue weighted by Gasteiger charge is 2.13. The van der Waals surface area contributed by atoms with E-state index in [-0.39, 0.29) is 6.42 Å². The molecular weight excluding hydrogens is 224 g/mol. The molecule has 0 saturated carbocycles. The van der Waals surface area contributed by atoms with Crippen molar-refractivity contribution in [3.63, 3.8) is 0 Å². The monoisotopic (exact) mass is 240 g/mol. The van der Waals surface area contributed by atoms with Crippen molar-refractivity contribution in [2.24, 2.45) is 0 Å². The molecule has 0 unspecified atom stereocenters. The van der Waals surface area contributed by atoms with Crippen LogP contribution in [0.1, 0.15) is 11.1 Å². The molecule has 0 atom stereocenters. The molecule has 0 bridgehead atoms. The van der Waals surface area contributed by atoms with Crippen molar-refractivity contribution < 1.29 is 24.1 Å². The Hall–Kier alpha value is -1.75. The molecule has 0 aliphatic rings. The summed E-state index contributed by atoms with van der Waals surface area (Å²) in [4.78, 5) is 10.7. The number of carboxylic acid groups (broad SMARTS) is 1. The van der Waals surface area contributed by atoms with Crippen LogP contribution in [0, 0.1) is 0 Å². The normalized spacial score (nSPS) is 10.1. The summed E-state index contributed by atoms with van der Waals surface area (Å²) in [6, 6.07) is 3.41. The van der Waals surface area contributed by atoms with Crippen LogP contribution in [0.5, 0.6) is 11.5 Å². The number of carboxylic acids is 1. The predicted octanol–water partition coefficient (Wildman–Crippen LogP) is 1.48. The number of hydrogen-bond donors (Lipinski definition) is 1. The van der Waals surface area contributed by atoms with Crippen molar-refractivity contribution in [3.05, 3.63) is 23.3 Å². The third-order valence-corrected chi connectivity index (χ3v) is 2.27. The maximum absolute atomic E-state index is 10.7. The van der Waals surface area contributed by atoms with Crippen LogP contribution < -0.4 is 9.47 Å². The first-order valence-corrected chi connectivity index (χ1v) is 5.06. The minimum Gasteiger partial charge on any atom is -0.493 e. The molecule has 0 radical (unpaired) electrons. The summed E-state index contributed by atoms with van der Waals surface area (Å²) < 4.78 is 15.4. The average Bonchev–Trinajstić information content (AvgIpc) is 2.28. The molecule has 0 spiro atoms. The Bertz CT molecular complexity index is 400. The van der Waals surface area contributed by atoms with Crippen molar-refractivity contribution >= 4 is 5.97 Å². The highest BCUT2D eigenvalue weighted by Crippen LogP contribution is 2.33. The maximum atomic E-state index is 10.7. The molecule has 0 saturated heterocycles. The number of hydrogen-bond acceptors (Lipinski definition) is 4. The quantitative estimate of drug-likeness (QED) is 0.815. The summed E-state index contributed by atoms with van der Waals surface area (Å²) in [7, 11) is 4.61. The van der Waals surface area contributed by atoms with Crippen LogP contribution in [0.2, 0.25) is 0 Å². The lowest BCUT2D eigenvalue weighted by atomic mass is 10.1. The van der Waals surface area contributed by atoms with E-state index in [2.05, 4.69) is 0 Å². The van der Waals surface area contributed by atoms with Crippen LogP contribution >= 0.6 is 0 Å². The molecule has 94 valence electrons. The summed E-state index contributed by atoms with van der Waals surface area (Å²) >= 11 is 0. The number of methoxy groups -OCH3 is 3. The van der Waals surface area contributed by atoms with Gasteiger partial charge in [0.05, 0.1) is 27.2 Å². The van der Waals surface area contributed by atoms with Gasteiger partial charge in [0.25, 0.3) is 0 Å². The molecule has 1 rings (SSSR count).